The molecule has 0 radical (unpaired) electrons. The molecule has 1 aromatic rings. The van der Waals surface area contributed by atoms with E-state index in [4.69, 9.17) is 0 Å². The number of amides is 1. The molecule has 1 amide bonds. The molecule has 0 unspecified atom stereocenters. The molecule has 6 heteroatoms. The van der Waals surface area contributed by atoms with Gasteiger partial charge >= 0.3 is 6.18 Å². The molecule has 0 aromatic heterocycles. The molecule has 2 rings (SSSR count). The summed E-state index contributed by atoms with van der Waals surface area (Å²) < 4.78 is 38.6. The van der Waals surface area contributed by atoms with Crippen molar-refractivity contribution < 1.29 is 18.0 Å². The van der Waals surface area contributed by atoms with Crippen LogP contribution in [0, 0.1) is 6.92 Å². The van der Waals surface area contributed by atoms with E-state index < -0.39 is 17.6 Å². The summed E-state index contributed by atoms with van der Waals surface area (Å²) in [5.41, 5.74) is -0.211. The summed E-state index contributed by atoms with van der Waals surface area (Å²) >= 11 is 0. The van der Waals surface area contributed by atoms with E-state index in [2.05, 4.69) is 10.6 Å². The number of nitrogens with one attached hydrogen (secondary N) is 2. The Kier molecular flexibility index (Phi) is 4.16. The molecule has 3 nitrogen and oxygen atoms in total. The van der Waals surface area contributed by atoms with E-state index in [9.17, 15) is 18.0 Å². The van der Waals surface area contributed by atoms with E-state index >= 15 is 0 Å². The van der Waals surface area contributed by atoms with Crippen LogP contribution in [-0.2, 0) is 0 Å². The first kappa shape index (κ1) is 15.7. The van der Waals surface area contributed by atoms with Crippen molar-refractivity contribution in [2.24, 2.45) is 0 Å². The second kappa shape index (κ2) is 5.58. The largest absolute Gasteiger partial charge is 0.411 e. The molecule has 1 saturated carbocycles. The normalized spacial score (nSPS) is 16.4. The molecule has 0 spiro atoms. The van der Waals surface area contributed by atoms with Crippen LogP contribution < -0.4 is 10.6 Å². The van der Waals surface area contributed by atoms with Crippen molar-refractivity contribution in [1.82, 2.24) is 5.32 Å². The maximum Gasteiger partial charge on any atom is 0.411 e. The molecule has 116 valence electrons. The molecule has 0 atom stereocenters. The molecular weight excluding hydrogens is 281 g/mol. The average Bonchev–Trinajstić information content (AvgIpc) is 3.16. The number of carbonyl (C=O) groups is 1. The van der Waals surface area contributed by atoms with Crippen LogP contribution in [0.25, 0.3) is 0 Å². The van der Waals surface area contributed by atoms with Gasteiger partial charge in [0, 0.05) is 17.8 Å². The summed E-state index contributed by atoms with van der Waals surface area (Å²) in [6.45, 7) is 4.56. The fourth-order valence-electron chi connectivity index (χ4n) is 2.19. The van der Waals surface area contributed by atoms with E-state index in [0.29, 0.717) is 5.56 Å². The van der Waals surface area contributed by atoms with Gasteiger partial charge in [0.1, 0.15) is 5.54 Å². The summed E-state index contributed by atoms with van der Waals surface area (Å²) in [4.78, 5) is 12.1. The Morgan fingerprint density at radius 2 is 2.00 bits per heavy atom. The van der Waals surface area contributed by atoms with Gasteiger partial charge in [-0.05, 0) is 49.9 Å². The molecule has 21 heavy (non-hydrogen) atoms. The number of carbonyl (C=O) groups excluding carboxylic acids is 1. The number of alkyl halides is 3. The van der Waals surface area contributed by atoms with Gasteiger partial charge in [0.2, 0.25) is 0 Å². The van der Waals surface area contributed by atoms with E-state index in [1.54, 1.807) is 25.1 Å². The summed E-state index contributed by atoms with van der Waals surface area (Å²) in [6.07, 6.45) is -3.51. The SMILES string of the molecule is CCCNc1ccc(C(=O)NC2(C(F)(F)F)CC2)c(C)c1. The molecule has 1 aliphatic carbocycles. The Morgan fingerprint density at radius 3 is 2.48 bits per heavy atom. The van der Waals surface area contributed by atoms with Gasteiger partial charge in [0.15, 0.2) is 0 Å². The lowest BCUT2D eigenvalue weighted by Crippen LogP contribution is -2.48. The Labute approximate surface area is 121 Å². The standard InChI is InChI=1S/C15H19F3N2O/c1-3-8-19-11-4-5-12(10(2)9-11)13(21)20-14(6-7-14)15(16,17)18/h4-5,9,19H,3,6-8H2,1-2H3,(H,20,21). The maximum atomic E-state index is 12.9. The molecule has 2 N–H and O–H groups in total. The Morgan fingerprint density at radius 1 is 1.33 bits per heavy atom. The quantitative estimate of drug-likeness (QED) is 0.871. The van der Waals surface area contributed by atoms with E-state index in [1.165, 1.54) is 0 Å². The van der Waals surface area contributed by atoms with Gasteiger partial charge in [-0.3, -0.25) is 4.79 Å². The predicted molar refractivity (Wildman–Crippen MR) is 75.4 cm³/mol. The zero-order valence-corrected chi connectivity index (χ0v) is 12.1. The van der Waals surface area contributed by atoms with Gasteiger partial charge in [-0.1, -0.05) is 6.92 Å². The summed E-state index contributed by atoms with van der Waals surface area (Å²) in [5, 5.41) is 5.32. The van der Waals surface area contributed by atoms with Gasteiger partial charge in [-0.15, -0.1) is 0 Å². The Bertz CT molecular complexity index is 536. The summed E-state index contributed by atoms with van der Waals surface area (Å²) in [6, 6.07) is 5.05. The van der Waals surface area contributed by atoms with Crippen LogP contribution >= 0.6 is 0 Å². The highest BCUT2D eigenvalue weighted by Crippen LogP contribution is 2.49. The van der Waals surface area contributed by atoms with Crippen molar-refractivity contribution in [2.75, 3.05) is 11.9 Å². The van der Waals surface area contributed by atoms with Crippen LogP contribution in [0.15, 0.2) is 18.2 Å². The van der Waals surface area contributed by atoms with Crippen LogP contribution in [0.4, 0.5) is 18.9 Å². The van der Waals surface area contributed by atoms with Crippen LogP contribution in [0.5, 0.6) is 0 Å². The number of benzene rings is 1. The molecule has 0 bridgehead atoms. The van der Waals surface area contributed by atoms with Gasteiger partial charge in [0.05, 0.1) is 0 Å². The molecule has 0 saturated heterocycles. The number of hydrogen-bond acceptors (Lipinski definition) is 2. The van der Waals surface area contributed by atoms with Gasteiger partial charge in [-0.25, -0.2) is 0 Å². The minimum Gasteiger partial charge on any atom is -0.385 e. The topological polar surface area (TPSA) is 41.1 Å². The third-order valence-electron chi connectivity index (χ3n) is 3.70. The highest BCUT2D eigenvalue weighted by atomic mass is 19.4. The van der Waals surface area contributed by atoms with E-state index in [-0.39, 0.29) is 18.4 Å². The number of hydrogen-bond donors (Lipinski definition) is 2. The fourth-order valence-corrected chi connectivity index (χ4v) is 2.19. The highest BCUT2D eigenvalue weighted by Gasteiger charge is 2.64. The number of halogens is 3. The lowest BCUT2D eigenvalue weighted by Gasteiger charge is -2.21. The minimum atomic E-state index is -4.39. The highest BCUT2D eigenvalue weighted by molar-refractivity contribution is 5.96. The van der Waals surface area contributed by atoms with E-state index in [0.717, 1.165) is 18.7 Å². The molecule has 0 heterocycles. The van der Waals surface area contributed by atoms with E-state index in [1.807, 2.05) is 6.92 Å². The van der Waals surface area contributed by atoms with Crippen LogP contribution in [-0.4, -0.2) is 24.2 Å². The van der Waals surface area contributed by atoms with Gasteiger partial charge < -0.3 is 10.6 Å². The van der Waals surface area contributed by atoms with Gasteiger partial charge in [0.25, 0.3) is 5.91 Å². The van der Waals surface area contributed by atoms with Crippen LogP contribution in [0.3, 0.4) is 0 Å². The summed E-state index contributed by atoms with van der Waals surface area (Å²) in [5.74, 6) is -0.663. The number of aryl methyl sites for hydroxylation is 1. The van der Waals surface area contributed by atoms with Crippen LogP contribution in [0.1, 0.15) is 42.1 Å². The van der Waals surface area contributed by atoms with Crippen LogP contribution in [0.2, 0.25) is 0 Å². The molecule has 1 fully saturated rings. The van der Waals surface area contributed by atoms with Crippen molar-refractivity contribution in [1.29, 1.82) is 0 Å². The maximum absolute atomic E-state index is 12.9. The van der Waals surface area contributed by atoms with Crippen molar-refractivity contribution in [3.05, 3.63) is 29.3 Å². The first-order chi connectivity index (χ1) is 9.79. The first-order valence-corrected chi connectivity index (χ1v) is 7.03. The molecule has 1 aliphatic rings. The predicted octanol–water partition coefficient (Wildman–Crippen LogP) is 3.64. The van der Waals surface area contributed by atoms with Crippen molar-refractivity contribution in [3.8, 4) is 0 Å². The monoisotopic (exact) mass is 300 g/mol. The molecule has 0 aliphatic heterocycles. The lowest BCUT2D eigenvalue weighted by atomic mass is 10.1. The lowest BCUT2D eigenvalue weighted by molar-refractivity contribution is -0.163. The number of anilines is 1. The zero-order valence-electron chi connectivity index (χ0n) is 12.1. The Hall–Kier alpha value is -1.72. The molecular formula is C15H19F3N2O. The van der Waals surface area contributed by atoms with Crippen molar-refractivity contribution in [2.45, 2.75) is 44.8 Å². The van der Waals surface area contributed by atoms with Crippen molar-refractivity contribution in [3.63, 3.8) is 0 Å². The fraction of sp³-hybridized carbons (Fsp3) is 0.533. The number of rotatable bonds is 5. The minimum absolute atomic E-state index is 0.0442. The first-order valence-electron chi connectivity index (χ1n) is 7.03. The second-order valence-corrected chi connectivity index (χ2v) is 5.49. The third kappa shape index (κ3) is 3.31. The zero-order chi connectivity index (χ0) is 15.7. The Balaban J connectivity index is 2.10. The van der Waals surface area contributed by atoms with Gasteiger partial charge in [-0.2, -0.15) is 13.2 Å². The smallest absolute Gasteiger partial charge is 0.385 e. The van der Waals surface area contributed by atoms with Crippen molar-refractivity contribution >= 4 is 11.6 Å². The average molecular weight is 300 g/mol. The third-order valence-corrected chi connectivity index (χ3v) is 3.70. The summed E-state index contributed by atoms with van der Waals surface area (Å²) in [7, 11) is 0. The molecule has 1 aromatic carbocycles. The second-order valence-electron chi connectivity index (χ2n) is 5.49.